The molecule has 0 spiro atoms. The Morgan fingerprint density at radius 2 is 1.12 bits per heavy atom. The van der Waals surface area contributed by atoms with E-state index in [0.717, 1.165) is 0 Å². The largest absolute Gasteiger partial charge is 0.350 e. The summed E-state index contributed by atoms with van der Waals surface area (Å²) in [5.41, 5.74) is 1.05. The molecule has 2 amide bonds. The van der Waals surface area contributed by atoms with Crippen LogP contribution in [-0.2, 0) is 9.59 Å². The summed E-state index contributed by atoms with van der Waals surface area (Å²) in [6.45, 7) is 0. The van der Waals surface area contributed by atoms with Gasteiger partial charge in [0.2, 0.25) is 11.8 Å². The quantitative estimate of drug-likeness (QED) is 0.346. The van der Waals surface area contributed by atoms with Crippen molar-refractivity contribution in [3.05, 3.63) is 92.0 Å². The number of rotatable bonds is 8. The van der Waals surface area contributed by atoms with Gasteiger partial charge in [0.1, 0.15) is 0 Å². The van der Waals surface area contributed by atoms with Crippen molar-refractivity contribution < 1.29 is 19.4 Å². The number of nitrogens with zero attached hydrogens (tertiary/aromatic N) is 2. The standard InChI is InChI=1S/C24H24N4O6/c29-23(13-7-17-3-1-5-21(15-17)27(31)32)25-19-9-11-20(12-10-19)26-24(30)14-8-18-4-2-6-22(16-18)28(33)34/h1-8,13-16,19-20H,9-12H2,(H,25,29)(H,26,30)/b13-7+,14-8+. The lowest BCUT2D eigenvalue weighted by atomic mass is 9.91. The molecule has 0 saturated heterocycles. The first kappa shape index (κ1) is 24.3. The van der Waals surface area contributed by atoms with Crippen LogP contribution in [0.2, 0.25) is 0 Å². The van der Waals surface area contributed by atoms with Crippen LogP contribution in [0.3, 0.4) is 0 Å². The van der Waals surface area contributed by atoms with Gasteiger partial charge in [-0.2, -0.15) is 0 Å². The highest BCUT2D eigenvalue weighted by Crippen LogP contribution is 2.19. The van der Waals surface area contributed by atoms with Crippen molar-refractivity contribution in [2.75, 3.05) is 0 Å². The minimum absolute atomic E-state index is 0.0178. The van der Waals surface area contributed by atoms with E-state index in [1.807, 2.05) is 0 Å². The average Bonchev–Trinajstić information content (AvgIpc) is 2.83. The van der Waals surface area contributed by atoms with Gasteiger partial charge in [0.25, 0.3) is 11.4 Å². The third-order valence-electron chi connectivity index (χ3n) is 5.44. The molecule has 0 radical (unpaired) electrons. The van der Waals surface area contributed by atoms with Gasteiger partial charge in [0.05, 0.1) is 9.85 Å². The van der Waals surface area contributed by atoms with Crippen LogP contribution in [0, 0.1) is 20.2 Å². The summed E-state index contributed by atoms with van der Waals surface area (Å²) in [7, 11) is 0. The van der Waals surface area contributed by atoms with Gasteiger partial charge in [-0.05, 0) is 49.0 Å². The molecule has 0 atom stereocenters. The number of non-ortho nitro benzene ring substituents is 2. The van der Waals surface area contributed by atoms with Crippen LogP contribution in [0.25, 0.3) is 12.2 Å². The molecule has 0 heterocycles. The van der Waals surface area contributed by atoms with E-state index in [0.29, 0.717) is 36.8 Å². The van der Waals surface area contributed by atoms with E-state index in [9.17, 15) is 29.8 Å². The van der Waals surface area contributed by atoms with Gasteiger partial charge >= 0.3 is 0 Å². The van der Waals surface area contributed by atoms with E-state index in [2.05, 4.69) is 10.6 Å². The third kappa shape index (κ3) is 7.37. The summed E-state index contributed by atoms with van der Waals surface area (Å²) >= 11 is 0. The van der Waals surface area contributed by atoms with Crippen molar-refractivity contribution >= 4 is 35.3 Å². The van der Waals surface area contributed by atoms with Crippen molar-refractivity contribution in [3.8, 4) is 0 Å². The SMILES string of the molecule is O=C(/C=C/c1cccc([N+](=O)[O-])c1)NC1CCC(NC(=O)/C=C/c2cccc([N+](=O)[O-])c2)CC1. The number of hydrogen-bond donors (Lipinski definition) is 2. The number of amides is 2. The van der Waals surface area contributed by atoms with Crippen LogP contribution in [-0.4, -0.2) is 33.7 Å². The normalized spacial score (nSPS) is 18.0. The topological polar surface area (TPSA) is 144 Å². The Kier molecular flexibility index (Phi) is 8.22. The van der Waals surface area contributed by atoms with Crippen LogP contribution in [0.15, 0.2) is 60.7 Å². The molecule has 3 rings (SSSR count). The zero-order valence-corrected chi connectivity index (χ0v) is 18.3. The first-order chi connectivity index (χ1) is 16.3. The molecule has 1 aliphatic rings. The molecule has 1 fully saturated rings. The Balaban J connectivity index is 1.42. The minimum Gasteiger partial charge on any atom is -0.350 e. The third-order valence-corrected chi connectivity index (χ3v) is 5.44. The van der Waals surface area contributed by atoms with Gasteiger partial charge in [-0.15, -0.1) is 0 Å². The van der Waals surface area contributed by atoms with Crippen LogP contribution in [0.4, 0.5) is 11.4 Å². The lowest BCUT2D eigenvalue weighted by Gasteiger charge is -2.29. The Morgan fingerprint density at radius 1 is 0.735 bits per heavy atom. The number of nitro groups is 2. The molecular formula is C24H24N4O6. The van der Waals surface area contributed by atoms with Crippen LogP contribution >= 0.6 is 0 Å². The average molecular weight is 464 g/mol. The Labute approximate surface area is 195 Å². The molecule has 1 aliphatic carbocycles. The van der Waals surface area contributed by atoms with Gasteiger partial charge in [-0.1, -0.05) is 24.3 Å². The summed E-state index contributed by atoms with van der Waals surface area (Å²) in [5, 5.41) is 27.5. The predicted molar refractivity (Wildman–Crippen MR) is 127 cm³/mol. The molecule has 2 aromatic carbocycles. The monoisotopic (exact) mass is 464 g/mol. The van der Waals surface area contributed by atoms with Crippen LogP contribution in [0.1, 0.15) is 36.8 Å². The van der Waals surface area contributed by atoms with Crippen LogP contribution in [0.5, 0.6) is 0 Å². The molecule has 0 aliphatic heterocycles. The number of nitro benzene ring substituents is 2. The molecule has 1 saturated carbocycles. The zero-order chi connectivity index (χ0) is 24.5. The fraction of sp³-hybridized carbons (Fsp3) is 0.250. The van der Waals surface area contributed by atoms with Gasteiger partial charge in [0.15, 0.2) is 0 Å². The van der Waals surface area contributed by atoms with Gasteiger partial charge in [-0.25, -0.2) is 0 Å². The fourth-order valence-corrected chi connectivity index (χ4v) is 3.71. The van der Waals surface area contributed by atoms with E-state index in [1.54, 1.807) is 24.3 Å². The summed E-state index contributed by atoms with van der Waals surface area (Å²) in [4.78, 5) is 45.1. The molecule has 0 bridgehead atoms. The highest BCUT2D eigenvalue weighted by Gasteiger charge is 2.22. The molecule has 0 aromatic heterocycles. The molecule has 10 nitrogen and oxygen atoms in total. The number of carbonyl (C=O) groups excluding carboxylic acids is 2. The van der Waals surface area contributed by atoms with Crippen molar-refractivity contribution in [2.24, 2.45) is 0 Å². The molecule has 34 heavy (non-hydrogen) atoms. The lowest BCUT2D eigenvalue weighted by Crippen LogP contribution is -2.43. The lowest BCUT2D eigenvalue weighted by molar-refractivity contribution is -0.385. The maximum atomic E-state index is 12.2. The Bertz CT molecular complexity index is 1050. The van der Waals surface area contributed by atoms with Crippen molar-refractivity contribution in [1.29, 1.82) is 0 Å². The summed E-state index contributed by atoms with van der Waals surface area (Å²) < 4.78 is 0. The van der Waals surface area contributed by atoms with E-state index >= 15 is 0 Å². The molecule has 176 valence electrons. The predicted octanol–water partition coefficient (Wildman–Crippen LogP) is 3.77. The van der Waals surface area contributed by atoms with Crippen molar-refractivity contribution in [1.82, 2.24) is 10.6 Å². The fourth-order valence-electron chi connectivity index (χ4n) is 3.71. The van der Waals surface area contributed by atoms with E-state index in [4.69, 9.17) is 0 Å². The van der Waals surface area contributed by atoms with Gasteiger partial charge in [0, 0.05) is 48.5 Å². The minimum atomic E-state index is -0.488. The first-order valence-electron chi connectivity index (χ1n) is 10.8. The first-order valence-corrected chi connectivity index (χ1v) is 10.8. The van der Waals surface area contributed by atoms with Crippen molar-refractivity contribution in [2.45, 2.75) is 37.8 Å². The zero-order valence-electron chi connectivity index (χ0n) is 18.3. The van der Waals surface area contributed by atoms with E-state index in [1.165, 1.54) is 48.6 Å². The highest BCUT2D eigenvalue weighted by atomic mass is 16.6. The van der Waals surface area contributed by atoms with E-state index < -0.39 is 9.85 Å². The maximum absolute atomic E-state index is 12.2. The van der Waals surface area contributed by atoms with Gasteiger partial charge < -0.3 is 10.6 Å². The second-order valence-corrected chi connectivity index (χ2v) is 7.94. The smallest absolute Gasteiger partial charge is 0.270 e. The van der Waals surface area contributed by atoms with Gasteiger partial charge in [-0.3, -0.25) is 29.8 Å². The number of hydrogen-bond acceptors (Lipinski definition) is 6. The van der Waals surface area contributed by atoms with Crippen LogP contribution < -0.4 is 10.6 Å². The molecule has 10 heteroatoms. The number of nitrogens with one attached hydrogen (secondary N) is 2. The highest BCUT2D eigenvalue weighted by molar-refractivity contribution is 5.92. The molecular weight excluding hydrogens is 440 g/mol. The second-order valence-electron chi connectivity index (χ2n) is 7.94. The summed E-state index contributed by atoms with van der Waals surface area (Å²) in [6.07, 6.45) is 8.58. The summed E-state index contributed by atoms with van der Waals surface area (Å²) in [5.74, 6) is -0.558. The number of benzene rings is 2. The number of carbonyl (C=O) groups is 2. The molecule has 2 aromatic rings. The molecule has 0 unspecified atom stereocenters. The maximum Gasteiger partial charge on any atom is 0.270 e. The molecule has 2 N–H and O–H groups in total. The Hall–Kier alpha value is -4.34. The second kappa shape index (κ2) is 11.5. The summed E-state index contributed by atoms with van der Waals surface area (Å²) in [6, 6.07) is 12.0. The van der Waals surface area contributed by atoms with E-state index in [-0.39, 0.29) is 35.3 Å². The van der Waals surface area contributed by atoms with Crippen molar-refractivity contribution in [3.63, 3.8) is 0 Å². The Morgan fingerprint density at radius 3 is 1.47 bits per heavy atom.